The molecule has 0 amide bonds. The summed E-state index contributed by atoms with van der Waals surface area (Å²) in [6.45, 7) is 0. The fourth-order valence-corrected chi connectivity index (χ4v) is 3.13. The summed E-state index contributed by atoms with van der Waals surface area (Å²) in [7, 11) is 1.69. The van der Waals surface area contributed by atoms with E-state index in [-0.39, 0.29) is 12.4 Å². The number of methoxy groups -OCH3 is 1. The zero-order chi connectivity index (χ0) is 14.2. The molecule has 3 aromatic rings. The molecule has 0 radical (unpaired) electrons. The Morgan fingerprint density at radius 1 is 0.857 bits per heavy atom. The number of ether oxygens (including phenoxy) is 2. The van der Waals surface area contributed by atoms with Crippen molar-refractivity contribution in [3.63, 3.8) is 0 Å². The van der Waals surface area contributed by atoms with Crippen LogP contribution in [0, 0.1) is 0 Å². The first kappa shape index (κ1) is 12.6. The number of fused-ring (bicyclic) bond motifs is 3. The molecule has 1 aliphatic heterocycles. The van der Waals surface area contributed by atoms with Gasteiger partial charge >= 0.3 is 0 Å². The molecular formula is C19H16O2. The van der Waals surface area contributed by atoms with Gasteiger partial charge in [0, 0.05) is 18.2 Å². The Bertz CT molecular complexity index is 780. The highest BCUT2D eigenvalue weighted by Gasteiger charge is 2.34. The summed E-state index contributed by atoms with van der Waals surface area (Å²) in [5, 5.41) is 2.47. The third-order valence-corrected chi connectivity index (χ3v) is 4.10. The van der Waals surface area contributed by atoms with E-state index in [0.29, 0.717) is 0 Å². The first-order chi connectivity index (χ1) is 10.4. The largest absolute Gasteiger partial charge is 0.352 e. The molecule has 0 fully saturated rings. The first-order valence-electron chi connectivity index (χ1n) is 7.13. The van der Waals surface area contributed by atoms with Crippen molar-refractivity contribution < 1.29 is 9.47 Å². The molecule has 3 aromatic carbocycles. The molecule has 2 heteroatoms. The Balaban J connectivity index is 1.97. The van der Waals surface area contributed by atoms with Gasteiger partial charge in [0.05, 0.1) is 0 Å². The molecule has 0 aliphatic carbocycles. The number of hydrogen-bond acceptors (Lipinski definition) is 2. The molecular weight excluding hydrogens is 260 g/mol. The average Bonchev–Trinajstić information content (AvgIpc) is 2.95. The van der Waals surface area contributed by atoms with E-state index in [0.717, 1.165) is 11.1 Å². The van der Waals surface area contributed by atoms with Crippen molar-refractivity contribution >= 4 is 10.8 Å². The second-order valence-corrected chi connectivity index (χ2v) is 5.28. The van der Waals surface area contributed by atoms with Gasteiger partial charge in [-0.25, -0.2) is 0 Å². The Kier molecular flexibility index (Phi) is 2.99. The lowest BCUT2D eigenvalue weighted by atomic mass is 9.93. The van der Waals surface area contributed by atoms with Gasteiger partial charge in [-0.05, 0) is 16.3 Å². The van der Waals surface area contributed by atoms with Crippen LogP contribution in [-0.4, -0.2) is 7.11 Å². The molecule has 21 heavy (non-hydrogen) atoms. The van der Waals surface area contributed by atoms with Gasteiger partial charge in [0.2, 0.25) is 0 Å². The molecule has 0 N–H and O–H groups in total. The van der Waals surface area contributed by atoms with Gasteiger partial charge in [-0.2, -0.15) is 0 Å². The van der Waals surface area contributed by atoms with Crippen molar-refractivity contribution in [2.45, 2.75) is 12.4 Å². The SMILES string of the molecule is CO[C@H]1O[C@@H](c2ccccc2)c2c1ccc1ccccc21. The van der Waals surface area contributed by atoms with Crippen LogP contribution in [0.15, 0.2) is 66.7 Å². The number of hydrogen-bond donors (Lipinski definition) is 0. The highest BCUT2D eigenvalue weighted by molar-refractivity contribution is 5.88. The predicted octanol–water partition coefficient (Wildman–Crippen LogP) is 4.60. The van der Waals surface area contributed by atoms with Gasteiger partial charge in [0.25, 0.3) is 0 Å². The minimum Gasteiger partial charge on any atom is -0.352 e. The summed E-state index contributed by atoms with van der Waals surface area (Å²) in [5.41, 5.74) is 3.52. The van der Waals surface area contributed by atoms with Crippen LogP contribution in [0.1, 0.15) is 29.1 Å². The average molecular weight is 276 g/mol. The highest BCUT2D eigenvalue weighted by Crippen LogP contribution is 2.46. The van der Waals surface area contributed by atoms with Gasteiger partial charge in [0.1, 0.15) is 6.10 Å². The molecule has 0 bridgehead atoms. The lowest BCUT2D eigenvalue weighted by Gasteiger charge is -2.14. The molecule has 0 saturated carbocycles. The molecule has 1 aliphatic rings. The second-order valence-electron chi connectivity index (χ2n) is 5.28. The maximum absolute atomic E-state index is 6.15. The summed E-state index contributed by atoms with van der Waals surface area (Å²) in [4.78, 5) is 0. The summed E-state index contributed by atoms with van der Waals surface area (Å²) in [5.74, 6) is 0. The van der Waals surface area contributed by atoms with Crippen molar-refractivity contribution in [2.75, 3.05) is 7.11 Å². The minimum atomic E-state index is -0.296. The van der Waals surface area contributed by atoms with Crippen LogP contribution >= 0.6 is 0 Å². The van der Waals surface area contributed by atoms with Crippen LogP contribution < -0.4 is 0 Å². The molecule has 0 unspecified atom stereocenters. The van der Waals surface area contributed by atoms with Crippen LogP contribution in [0.2, 0.25) is 0 Å². The fourth-order valence-electron chi connectivity index (χ4n) is 3.13. The lowest BCUT2D eigenvalue weighted by Crippen LogP contribution is -2.01. The quantitative estimate of drug-likeness (QED) is 0.680. The van der Waals surface area contributed by atoms with E-state index in [1.807, 2.05) is 18.2 Å². The minimum absolute atomic E-state index is 0.0720. The molecule has 0 saturated heterocycles. The molecule has 0 aromatic heterocycles. The predicted molar refractivity (Wildman–Crippen MR) is 83.1 cm³/mol. The monoisotopic (exact) mass is 276 g/mol. The van der Waals surface area contributed by atoms with Crippen LogP contribution in [0.4, 0.5) is 0 Å². The maximum atomic E-state index is 6.15. The van der Waals surface area contributed by atoms with E-state index in [4.69, 9.17) is 9.47 Å². The first-order valence-corrected chi connectivity index (χ1v) is 7.13. The summed E-state index contributed by atoms with van der Waals surface area (Å²) in [6, 6.07) is 23.0. The Hall–Kier alpha value is -2.16. The van der Waals surface area contributed by atoms with Crippen LogP contribution in [-0.2, 0) is 9.47 Å². The molecule has 0 spiro atoms. The smallest absolute Gasteiger partial charge is 0.185 e. The molecule has 4 rings (SSSR count). The van der Waals surface area contributed by atoms with Crippen molar-refractivity contribution in [3.8, 4) is 0 Å². The third kappa shape index (κ3) is 1.96. The van der Waals surface area contributed by atoms with Crippen LogP contribution in [0.25, 0.3) is 10.8 Å². The van der Waals surface area contributed by atoms with E-state index in [1.165, 1.54) is 16.3 Å². The summed E-state index contributed by atoms with van der Waals surface area (Å²) >= 11 is 0. The van der Waals surface area contributed by atoms with E-state index >= 15 is 0 Å². The van der Waals surface area contributed by atoms with Crippen LogP contribution in [0.3, 0.4) is 0 Å². The number of rotatable bonds is 2. The van der Waals surface area contributed by atoms with Gasteiger partial charge in [-0.3, -0.25) is 0 Å². The van der Waals surface area contributed by atoms with Crippen molar-refractivity contribution in [1.82, 2.24) is 0 Å². The Labute approximate surface area is 123 Å². The van der Waals surface area contributed by atoms with Crippen LogP contribution in [0.5, 0.6) is 0 Å². The summed E-state index contributed by atoms with van der Waals surface area (Å²) < 4.78 is 11.7. The maximum Gasteiger partial charge on any atom is 0.185 e. The van der Waals surface area contributed by atoms with Gasteiger partial charge < -0.3 is 9.47 Å². The zero-order valence-corrected chi connectivity index (χ0v) is 11.8. The van der Waals surface area contributed by atoms with Gasteiger partial charge in [-0.15, -0.1) is 0 Å². The molecule has 2 nitrogen and oxygen atoms in total. The Morgan fingerprint density at radius 2 is 1.62 bits per heavy atom. The number of benzene rings is 3. The fraction of sp³-hybridized carbons (Fsp3) is 0.158. The highest BCUT2D eigenvalue weighted by atomic mass is 16.7. The van der Waals surface area contributed by atoms with Crippen molar-refractivity contribution in [2.24, 2.45) is 0 Å². The topological polar surface area (TPSA) is 18.5 Å². The van der Waals surface area contributed by atoms with Gasteiger partial charge in [-0.1, -0.05) is 66.7 Å². The standard InChI is InChI=1S/C19H16O2/c1-20-19-16-12-11-13-7-5-6-10-15(13)17(16)18(21-19)14-8-3-2-4-9-14/h2-12,18-19H,1H3/t18-,19-/m0/s1. The zero-order valence-electron chi connectivity index (χ0n) is 11.8. The van der Waals surface area contributed by atoms with E-state index in [9.17, 15) is 0 Å². The lowest BCUT2D eigenvalue weighted by molar-refractivity contribution is -0.132. The molecule has 2 atom stereocenters. The van der Waals surface area contributed by atoms with Crippen molar-refractivity contribution in [3.05, 3.63) is 83.4 Å². The third-order valence-electron chi connectivity index (χ3n) is 4.10. The summed E-state index contributed by atoms with van der Waals surface area (Å²) in [6.07, 6.45) is -0.368. The van der Waals surface area contributed by atoms with E-state index in [2.05, 4.69) is 48.5 Å². The second kappa shape index (κ2) is 4.99. The van der Waals surface area contributed by atoms with E-state index < -0.39 is 0 Å². The van der Waals surface area contributed by atoms with Crippen molar-refractivity contribution in [1.29, 1.82) is 0 Å². The van der Waals surface area contributed by atoms with Gasteiger partial charge in [0.15, 0.2) is 6.29 Å². The molecule has 104 valence electrons. The van der Waals surface area contributed by atoms with E-state index in [1.54, 1.807) is 7.11 Å². The molecule has 1 heterocycles. The Morgan fingerprint density at radius 3 is 2.43 bits per heavy atom. The normalized spacial score (nSPS) is 20.6.